The molecule has 1 atom stereocenters. The van der Waals surface area contributed by atoms with Crippen LogP contribution in [0.4, 0.5) is 0 Å². The highest BCUT2D eigenvalue weighted by atomic mass is 16.5. The molecule has 1 rings (SSSR count). The lowest BCUT2D eigenvalue weighted by atomic mass is 10.1. The molecule has 0 heterocycles. The molecule has 15 heavy (non-hydrogen) atoms. The summed E-state index contributed by atoms with van der Waals surface area (Å²) in [5.74, 6) is 1.01. The molecule has 0 aromatic heterocycles. The highest BCUT2D eigenvalue weighted by Gasteiger charge is 2.01. The first-order valence-electron chi connectivity index (χ1n) is 5.51. The minimum Gasteiger partial charge on any atom is -0.493 e. The van der Waals surface area contributed by atoms with E-state index >= 15 is 0 Å². The fourth-order valence-electron chi connectivity index (χ4n) is 1.35. The van der Waals surface area contributed by atoms with Crippen LogP contribution in [0.5, 0.6) is 5.75 Å². The van der Waals surface area contributed by atoms with Gasteiger partial charge in [-0.1, -0.05) is 12.1 Å². The van der Waals surface area contributed by atoms with E-state index < -0.39 is 0 Å². The third kappa shape index (κ3) is 3.92. The molecule has 1 unspecified atom stereocenters. The average Bonchev–Trinajstić information content (AvgIpc) is 2.23. The van der Waals surface area contributed by atoms with E-state index in [1.54, 1.807) is 0 Å². The standard InChI is InChI=1S/C13H21NO/c1-10-5-6-11(2)13(9-10)15-8-7-12(3)14-4/h5-6,9,12,14H,7-8H2,1-4H3. The van der Waals surface area contributed by atoms with Gasteiger partial charge < -0.3 is 10.1 Å². The van der Waals surface area contributed by atoms with Gasteiger partial charge in [-0.3, -0.25) is 0 Å². The fourth-order valence-corrected chi connectivity index (χ4v) is 1.35. The van der Waals surface area contributed by atoms with Crippen LogP contribution in [0.1, 0.15) is 24.5 Å². The van der Waals surface area contributed by atoms with Crippen LogP contribution in [0.2, 0.25) is 0 Å². The number of hydrogen-bond acceptors (Lipinski definition) is 2. The summed E-state index contributed by atoms with van der Waals surface area (Å²) in [5, 5.41) is 3.20. The summed E-state index contributed by atoms with van der Waals surface area (Å²) < 4.78 is 5.75. The predicted octanol–water partition coefficient (Wildman–Crippen LogP) is 2.68. The topological polar surface area (TPSA) is 21.3 Å². The largest absolute Gasteiger partial charge is 0.493 e. The lowest BCUT2D eigenvalue weighted by Crippen LogP contribution is -2.23. The fraction of sp³-hybridized carbons (Fsp3) is 0.538. The van der Waals surface area contributed by atoms with Gasteiger partial charge in [0.15, 0.2) is 0 Å². The molecule has 0 amide bonds. The van der Waals surface area contributed by atoms with Crippen molar-refractivity contribution >= 4 is 0 Å². The van der Waals surface area contributed by atoms with Crippen molar-refractivity contribution in [2.75, 3.05) is 13.7 Å². The van der Waals surface area contributed by atoms with Crippen LogP contribution in [0.3, 0.4) is 0 Å². The van der Waals surface area contributed by atoms with Crippen LogP contribution in [-0.4, -0.2) is 19.7 Å². The predicted molar refractivity (Wildman–Crippen MR) is 64.5 cm³/mol. The zero-order chi connectivity index (χ0) is 11.3. The van der Waals surface area contributed by atoms with Crippen molar-refractivity contribution in [1.82, 2.24) is 5.32 Å². The second kappa shape index (κ2) is 5.76. The Hall–Kier alpha value is -1.02. The molecule has 0 bridgehead atoms. The van der Waals surface area contributed by atoms with E-state index in [-0.39, 0.29) is 0 Å². The van der Waals surface area contributed by atoms with E-state index in [1.807, 2.05) is 7.05 Å². The lowest BCUT2D eigenvalue weighted by molar-refractivity contribution is 0.291. The first-order chi connectivity index (χ1) is 7.13. The Morgan fingerprint density at radius 2 is 2.07 bits per heavy atom. The van der Waals surface area contributed by atoms with Crippen molar-refractivity contribution in [2.45, 2.75) is 33.2 Å². The van der Waals surface area contributed by atoms with Gasteiger partial charge in [0.25, 0.3) is 0 Å². The summed E-state index contributed by atoms with van der Waals surface area (Å²) in [6.07, 6.45) is 1.03. The van der Waals surface area contributed by atoms with Crippen LogP contribution in [0.15, 0.2) is 18.2 Å². The Morgan fingerprint density at radius 1 is 1.33 bits per heavy atom. The zero-order valence-electron chi connectivity index (χ0n) is 10.1. The Labute approximate surface area is 92.6 Å². The van der Waals surface area contributed by atoms with Crippen molar-refractivity contribution in [3.63, 3.8) is 0 Å². The molecule has 1 aromatic carbocycles. The summed E-state index contributed by atoms with van der Waals surface area (Å²) in [4.78, 5) is 0. The number of benzene rings is 1. The summed E-state index contributed by atoms with van der Waals surface area (Å²) in [5.41, 5.74) is 2.45. The highest BCUT2D eigenvalue weighted by Crippen LogP contribution is 2.19. The number of rotatable bonds is 5. The van der Waals surface area contributed by atoms with Crippen molar-refractivity contribution in [3.8, 4) is 5.75 Å². The quantitative estimate of drug-likeness (QED) is 0.801. The maximum absolute atomic E-state index is 5.75. The first kappa shape index (κ1) is 12.1. The molecule has 84 valence electrons. The molecule has 1 aromatic rings. The van der Waals surface area contributed by atoms with Crippen LogP contribution < -0.4 is 10.1 Å². The molecule has 0 saturated carbocycles. The van der Waals surface area contributed by atoms with E-state index in [0.717, 1.165) is 18.8 Å². The van der Waals surface area contributed by atoms with E-state index in [4.69, 9.17) is 4.74 Å². The maximum Gasteiger partial charge on any atom is 0.122 e. The Morgan fingerprint density at radius 3 is 2.73 bits per heavy atom. The summed E-state index contributed by atoms with van der Waals surface area (Å²) in [6, 6.07) is 6.82. The molecule has 0 saturated heterocycles. The van der Waals surface area contributed by atoms with Gasteiger partial charge in [-0.25, -0.2) is 0 Å². The van der Waals surface area contributed by atoms with Crippen molar-refractivity contribution in [3.05, 3.63) is 29.3 Å². The van der Waals surface area contributed by atoms with Crippen molar-refractivity contribution in [1.29, 1.82) is 0 Å². The Bertz CT molecular complexity index is 309. The van der Waals surface area contributed by atoms with Crippen LogP contribution in [0, 0.1) is 13.8 Å². The second-order valence-corrected chi connectivity index (χ2v) is 4.10. The second-order valence-electron chi connectivity index (χ2n) is 4.10. The number of ether oxygens (including phenoxy) is 1. The Kier molecular flexibility index (Phi) is 4.63. The van der Waals surface area contributed by atoms with Gasteiger partial charge in [0.2, 0.25) is 0 Å². The van der Waals surface area contributed by atoms with Gasteiger partial charge >= 0.3 is 0 Å². The smallest absolute Gasteiger partial charge is 0.122 e. The molecule has 0 aliphatic heterocycles. The van der Waals surface area contributed by atoms with E-state index in [2.05, 4.69) is 44.3 Å². The molecular weight excluding hydrogens is 186 g/mol. The van der Waals surface area contributed by atoms with Crippen LogP contribution in [0.25, 0.3) is 0 Å². The van der Waals surface area contributed by atoms with Gasteiger partial charge in [0, 0.05) is 6.04 Å². The molecule has 2 heteroatoms. The van der Waals surface area contributed by atoms with Crippen molar-refractivity contribution in [2.24, 2.45) is 0 Å². The summed E-state index contributed by atoms with van der Waals surface area (Å²) in [6.45, 7) is 7.09. The van der Waals surface area contributed by atoms with E-state index in [1.165, 1.54) is 11.1 Å². The first-order valence-corrected chi connectivity index (χ1v) is 5.51. The third-order valence-corrected chi connectivity index (χ3v) is 2.64. The highest BCUT2D eigenvalue weighted by molar-refractivity contribution is 5.35. The molecule has 0 radical (unpaired) electrons. The summed E-state index contributed by atoms with van der Waals surface area (Å²) in [7, 11) is 1.97. The Balaban J connectivity index is 2.46. The minimum absolute atomic E-state index is 0.509. The summed E-state index contributed by atoms with van der Waals surface area (Å²) >= 11 is 0. The molecule has 0 fully saturated rings. The van der Waals surface area contributed by atoms with Gasteiger partial charge in [-0.15, -0.1) is 0 Å². The van der Waals surface area contributed by atoms with Gasteiger partial charge in [0.05, 0.1) is 6.61 Å². The van der Waals surface area contributed by atoms with Crippen LogP contribution >= 0.6 is 0 Å². The van der Waals surface area contributed by atoms with E-state index in [0.29, 0.717) is 6.04 Å². The molecule has 0 spiro atoms. The normalized spacial score (nSPS) is 12.5. The molecule has 1 N–H and O–H groups in total. The van der Waals surface area contributed by atoms with Crippen molar-refractivity contribution < 1.29 is 4.74 Å². The zero-order valence-corrected chi connectivity index (χ0v) is 10.1. The third-order valence-electron chi connectivity index (χ3n) is 2.64. The van der Waals surface area contributed by atoms with Crippen LogP contribution in [-0.2, 0) is 0 Å². The number of hydrogen-bond donors (Lipinski definition) is 1. The number of nitrogens with one attached hydrogen (secondary N) is 1. The monoisotopic (exact) mass is 207 g/mol. The van der Waals surface area contributed by atoms with Gasteiger partial charge in [-0.05, 0) is 51.4 Å². The molecule has 0 aliphatic carbocycles. The van der Waals surface area contributed by atoms with Gasteiger partial charge in [-0.2, -0.15) is 0 Å². The average molecular weight is 207 g/mol. The SMILES string of the molecule is CNC(C)CCOc1cc(C)ccc1C. The molecular formula is C13H21NO. The lowest BCUT2D eigenvalue weighted by Gasteiger charge is -2.13. The van der Waals surface area contributed by atoms with Gasteiger partial charge in [0.1, 0.15) is 5.75 Å². The molecule has 0 aliphatic rings. The molecule has 2 nitrogen and oxygen atoms in total. The number of aryl methyl sites for hydroxylation is 2. The minimum atomic E-state index is 0.509. The van der Waals surface area contributed by atoms with E-state index in [9.17, 15) is 0 Å². The maximum atomic E-state index is 5.75.